The Kier molecular flexibility index (Phi) is 4.98. The molecule has 3 fully saturated rings. The van der Waals surface area contributed by atoms with E-state index in [9.17, 15) is 9.18 Å². The molecule has 4 nitrogen and oxygen atoms in total. The minimum absolute atomic E-state index is 0.0453. The van der Waals surface area contributed by atoms with Crippen LogP contribution in [0.3, 0.4) is 0 Å². The van der Waals surface area contributed by atoms with E-state index in [-0.39, 0.29) is 11.8 Å². The third-order valence-electron chi connectivity index (χ3n) is 6.24. The first-order valence-corrected chi connectivity index (χ1v) is 9.12. The number of carbonyl (C=O) groups is 1. The van der Waals surface area contributed by atoms with Crippen LogP contribution in [0.15, 0.2) is 0 Å². The van der Waals surface area contributed by atoms with Crippen LogP contribution in [0.1, 0.15) is 46.0 Å². The van der Waals surface area contributed by atoms with Gasteiger partial charge in [-0.1, -0.05) is 0 Å². The Bertz CT molecular complexity index is 429. The largest absolute Gasteiger partial charge is 0.383 e. The molecule has 1 aliphatic carbocycles. The van der Waals surface area contributed by atoms with Crippen molar-refractivity contribution in [2.45, 2.75) is 64.2 Å². The normalized spacial score (nSPS) is 34.1. The van der Waals surface area contributed by atoms with Crippen LogP contribution in [0.5, 0.6) is 0 Å². The highest BCUT2D eigenvalue weighted by Crippen LogP contribution is 2.44. The lowest BCUT2D eigenvalue weighted by molar-refractivity contribution is -0.142. The molecule has 0 radical (unpaired) electrons. The maximum Gasteiger partial charge on any atom is 0.225 e. The number of hydrogen-bond donors (Lipinski definition) is 0. The lowest BCUT2D eigenvalue weighted by Crippen LogP contribution is -2.49. The van der Waals surface area contributed by atoms with Crippen molar-refractivity contribution in [3.8, 4) is 0 Å². The summed E-state index contributed by atoms with van der Waals surface area (Å²) in [5, 5.41) is 0. The molecule has 1 spiro atoms. The van der Waals surface area contributed by atoms with Crippen molar-refractivity contribution < 1.29 is 13.9 Å². The zero-order chi connectivity index (χ0) is 16.6. The fourth-order valence-electron chi connectivity index (χ4n) is 4.72. The number of carbonyl (C=O) groups excluding carboxylic acids is 1. The van der Waals surface area contributed by atoms with Gasteiger partial charge in [-0.15, -0.1) is 0 Å². The van der Waals surface area contributed by atoms with Gasteiger partial charge in [-0.05, 0) is 51.4 Å². The van der Waals surface area contributed by atoms with E-state index in [1.807, 2.05) is 4.90 Å². The molecule has 0 aromatic heterocycles. The number of amides is 1. The number of methoxy groups -OCH3 is 1. The third-order valence-corrected chi connectivity index (χ3v) is 6.24. The van der Waals surface area contributed by atoms with Crippen LogP contribution in [-0.4, -0.2) is 67.3 Å². The number of likely N-dealkylation sites (tertiary alicyclic amines) is 2. The molecule has 2 aliphatic heterocycles. The first kappa shape index (κ1) is 17.2. The monoisotopic (exact) mass is 326 g/mol. The van der Waals surface area contributed by atoms with Crippen LogP contribution in [0.25, 0.3) is 0 Å². The first-order valence-electron chi connectivity index (χ1n) is 9.12. The maximum atomic E-state index is 13.0. The highest BCUT2D eigenvalue weighted by molar-refractivity contribution is 5.80. The van der Waals surface area contributed by atoms with Gasteiger partial charge in [0, 0.05) is 44.7 Å². The average molecular weight is 326 g/mol. The van der Waals surface area contributed by atoms with Gasteiger partial charge in [0.2, 0.25) is 5.91 Å². The summed E-state index contributed by atoms with van der Waals surface area (Å²) in [7, 11) is 1.78. The van der Waals surface area contributed by atoms with Crippen LogP contribution < -0.4 is 0 Å². The van der Waals surface area contributed by atoms with Crippen molar-refractivity contribution in [2.75, 3.05) is 33.4 Å². The second kappa shape index (κ2) is 6.67. The van der Waals surface area contributed by atoms with E-state index >= 15 is 0 Å². The highest BCUT2D eigenvalue weighted by atomic mass is 19.1. The summed E-state index contributed by atoms with van der Waals surface area (Å²) in [6.45, 7) is 8.11. The molecule has 0 N–H and O–H groups in total. The molecular formula is C18H31FN2O2. The summed E-state index contributed by atoms with van der Waals surface area (Å²) in [6.07, 6.45) is 3.47. The van der Waals surface area contributed by atoms with Crippen molar-refractivity contribution in [3.63, 3.8) is 0 Å². The Morgan fingerprint density at radius 1 is 1.30 bits per heavy atom. The number of alkyl halides is 1. The fraction of sp³-hybridized carbons (Fsp3) is 0.944. The van der Waals surface area contributed by atoms with E-state index in [2.05, 4.69) is 18.7 Å². The van der Waals surface area contributed by atoms with Crippen molar-refractivity contribution in [1.29, 1.82) is 0 Å². The molecule has 3 rings (SSSR count). The standard InChI is InChI=1S/C18H31FN2O2/c1-13(2)21-12-18(10-16(21)11-23-3)4-6-20(7-5-18)17(22)14-8-15(19)9-14/h13-16H,4-12H2,1-3H3/t14?,15?,16-/m0/s1. The summed E-state index contributed by atoms with van der Waals surface area (Å²) in [4.78, 5) is 17.0. The SMILES string of the molecule is COC[C@@H]1CC2(CCN(C(=O)C3CC(F)C3)CC2)CN1C(C)C. The molecule has 0 aromatic rings. The molecule has 1 saturated carbocycles. The molecule has 1 amide bonds. The molecule has 1 atom stereocenters. The highest BCUT2D eigenvalue weighted by Gasteiger charge is 2.47. The van der Waals surface area contributed by atoms with Gasteiger partial charge in [0.15, 0.2) is 0 Å². The van der Waals surface area contributed by atoms with Gasteiger partial charge < -0.3 is 9.64 Å². The predicted octanol–water partition coefficient (Wildman–Crippen LogP) is 2.47. The molecule has 2 heterocycles. The van der Waals surface area contributed by atoms with Crippen LogP contribution >= 0.6 is 0 Å². The van der Waals surface area contributed by atoms with Crippen molar-refractivity contribution in [3.05, 3.63) is 0 Å². The molecule has 0 bridgehead atoms. The Morgan fingerprint density at radius 2 is 1.96 bits per heavy atom. The van der Waals surface area contributed by atoms with Gasteiger partial charge >= 0.3 is 0 Å². The van der Waals surface area contributed by atoms with E-state index < -0.39 is 6.17 Å². The van der Waals surface area contributed by atoms with Crippen LogP contribution in [0.2, 0.25) is 0 Å². The topological polar surface area (TPSA) is 32.8 Å². The van der Waals surface area contributed by atoms with Crippen molar-refractivity contribution >= 4 is 5.91 Å². The van der Waals surface area contributed by atoms with Crippen molar-refractivity contribution in [2.24, 2.45) is 11.3 Å². The number of piperidine rings is 1. The molecule has 2 saturated heterocycles. The molecular weight excluding hydrogens is 295 g/mol. The second-order valence-electron chi connectivity index (χ2n) is 8.17. The Balaban J connectivity index is 1.56. The molecule has 0 aromatic carbocycles. The van der Waals surface area contributed by atoms with E-state index in [0.29, 0.717) is 30.3 Å². The Labute approximate surface area is 139 Å². The lowest BCUT2D eigenvalue weighted by Gasteiger charge is -2.42. The predicted molar refractivity (Wildman–Crippen MR) is 88.0 cm³/mol. The molecule has 0 unspecified atom stereocenters. The summed E-state index contributed by atoms with van der Waals surface area (Å²) in [5.41, 5.74) is 0.340. The number of nitrogens with zero attached hydrogens (tertiary/aromatic N) is 2. The van der Waals surface area contributed by atoms with Gasteiger partial charge in [0.1, 0.15) is 6.17 Å². The van der Waals surface area contributed by atoms with Crippen molar-refractivity contribution in [1.82, 2.24) is 9.80 Å². The summed E-state index contributed by atoms with van der Waals surface area (Å²) in [6, 6.07) is 1.03. The number of hydrogen-bond acceptors (Lipinski definition) is 3. The van der Waals surface area contributed by atoms with Crippen LogP contribution in [0.4, 0.5) is 4.39 Å². The Morgan fingerprint density at radius 3 is 2.48 bits per heavy atom. The maximum absolute atomic E-state index is 13.0. The van der Waals surface area contributed by atoms with Gasteiger partial charge in [-0.3, -0.25) is 9.69 Å². The minimum Gasteiger partial charge on any atom is -0.383 e. The fourth-order valence-corrected chi connectivity index (χ4v) is 4.72. The number of ether oxygens (including phenoxy) is 1. The zero-order valence-corrected chi connectivity index (χ0v) is 14.8. The molecule has 23 heavy (non-hydrogen) atoms. The third kappa shape index (κ3) is 3.41. The first-order chi connectivity index (χ1) is 10.9. The lowest BCUT2D eigenvalue weighted by atomic mass is 9.75. The number of rotatable bonds is 4. The summed E-state index contributed by atoms with van der Waals surface area (Å²) in [5.74, 6) is 0.150. The smallest absolute Gasteiger partial charge is 0.225 e. The average Bonchev–Trinajstić information content (AvgIpc) is 2.83. The van der Waals surface area contributed by atoms with E-state index in [1.54, 1.807) is 7.11 Å². The summed E-state index contributed by atoms with van der Waals surface area (Å²) >= 11 is 0. The minimum atomic E-state index is -0.746. The summed E-state index contributed by atoms with van der Waals surface area (Å²) < 4.78 is 18.4. The Hall–Kier alpha value is -0.680. The molecule has 132 valence electrons. The van der Waals surface area contributed by atoms with E-state index in [0.717, 1.165) is 39.1 Å². The molecule has 3 aliphatic rings. The van der Waals surface area contributed by atoms with E-state index in [4.69, 9.17) is 4.74 Å². The van der Waals surface area contributed by atoms with Gasteiger partial charge in [-0.25, -0.2) is 4.39 Å². The van der Waals surface area contributed by atoms with E-state index in [1.165, 1.54) is 6.42 Å². The zero-order valence-electron chi connectivity index (χ0n) is 14.8. The van der Waals surface area contributed by atoms with Gasteiger partial charge in [0.25, 0.3) is 0 Å². The van der Waals surface area contributed by atoms with Crippen LogP contribution in [0, 0.1) is 11.3 Å². The van der Waals surface area contributed by atoms with Gasteiger partial charge in [-0.2, -0.15) is 0 Å². The van der Waals surface area contributed by atoms with Crippen LogP contribution in [-0.2, 0) is 9.53 Å². The number of halogens is 1. The molecule has 5 heteroatoms. The van der Waals surface area contributed by atoms with Gasteiger partial charge in [0.05, 0.1) is 6.61 Å². The quantitative estimate of drug-likeness (QED) is 0.796. The second-order valence-corrected chi connectivity index (χ2v) is 8.17.